The predicted molar refractivity (Wildman–Crippen MR) is 133 cm³/mol. The summed E-state index contributed by atoms with van der Waals surface area (Å²) in [5.41, 5.74) is 1.37. The minimum absolute atomic E-state index is 0.168. The SMILES string of the molecule is CCNS(=O)(=O)c1ccc(C)cc1C1(O)CCN(Cc2cccc(Oc3ccccc3)c2)CC1. The number of piperidine rings is 1. The summed E-state index contributed by atoms with van der Waals surface area (Å²) < 4.78 is 34.1. The van der Waals surface area contributed by atoms with Gasteiger partial charge in [0.25, 0.3) is 0 Å². The number of hydrogen-bond acceptors (Lipinski definition) is 5. The normalized spacial score (nSPS) is 16.3. The topological polar surface area (TPSA) is 78.9 Å². The van der Waals surface area contributed by atoms with Crippen molar-refractivity contribution < 1.29 is 18.3 Å². The number of nitrogens with one attached hydrogen (secondary N) is 1. The Balaban J connectivity index is 1.46. The molecule has 0 amide bonds. The Morgan fingerprint density at radius 2 is 1.68 bits per heavy atom. The Kier molecular flexibility index (Phi) is 7.38. The van der Waals surface area contributed by atoms with E-state index in [2.05, 4.69) is 15.7 Å². The highest BCUT2D eigenvalue weighted by Crippen LogP contribution is 2.37. The molecular weight excluding hydrogens is 448 g/mol. The molecule has 1 heterocycles. The second kappa shape index (κ2) is 10.3. The predicted octanol–water partition coefficient (Wildman–Crippen LogP) is 4.57. The molecule has 0 radical (unpaired) electrons. The van der Waals surface area contributed by atoms with Gasteiger partial charge in [0.1, 0.15) is 11.5 Å². The van der Waals surface area contributed by atoms with E-state index < -0.39 is 15.6 Å². The molecule has 1 saturated heterocycles. The van der Waals surface area contributed by atoms with Crippen molar-refractivity contribution >= 4 is 10.0 Å². The number of nitrogens with zero attached hydrogens (tertiary/aromatic N) is 1. The van der Waals surface area contributed by atoms with Crippen molar-refractivity contribution in [1.82, 2.24) is 9.62 Å². The van der Waals surface area contributed by atoms with Crippen LogP contribution in [0.25, 0.3) is 0 Å². The van der Waals surface area contributed by atoms with E-state index in [-0.39, 0.29) is 4.90 Å². The maximum Gasteiger partial charge on any atom is 0.240 e. The lowest BCUT2D eigenvalue weighted by Crippen LogP contribution is -2.43. The Bertz CT molecular complexity index is 1220. The van der Waals surface area contributed by atoms with Crippen LogP contribution in [0.3, 0.4) is 0 Å². The van der Waals surface area contributed by atoms with Gasteiger partial charge < -0.3 is 9.84 Å². The zero-order valence-electron chi connectivity index (χ0n) is 19.7. The van der Waals surface area contributed by atoms with Crippen LogP contribution in [0.5, 0.6) is 11.5 Å². The molecular formula is C27H32N2O4S. The zero-order valence-corrected chi connectivity index (χ0v) is 20.5. The Labute approximate surface area is 202 Å². The number of para-hydroxylation sites is 1. The maximum atomic E-state index is 12.8. The summed E-state index contributed by atoms with van der Waals surface area (Å²) in [6, 6.07) is 22.9. The first-order chi connectivity index (χ1) is 16.3. The van der Waals surface area contributed by atoms with Crippen molar-refractivity contribution in [2.75, 3.05) is 19.6 Å². The molecule has 1 fully saturated rings. The van der Waals surface area contributed by atoms with Gasteiger partial charge in [0, 0.05) is 31.7 Å². The molecule has 3 aromatic rings. The molecule has 1 aliphatic rings. The summed E-state index contributed by atoms with van der Waals surface area (Å²) in [5.74, 6) is 1.58. The molecule has 180 valence electrons. The number of benzene rings is 3. The molecule has 7 heteroatoms. The lowest BCUT2D eigenvalue weighted by Gasteiger charge is -2.39. The fourth-order valence-electron chi connectivity index (χ4n) is 4.45. The van der Waals surface area contributed by atoms with E-state index in [4.69, 9.17) is 4.74 Å². The molecule has 6 nitrogen and oxygen atoms in total. The van der Waals surface area contributed by atoms with Crippen molar-refractivity contribution in [3.8, 4) is 11.5 Å². The van der Waals surface area contributed by atoms with Gasteiger partial charge in [-0.25, -0.2) is 13.1 Å². The van der Waals surface area contributed by atoms with E-state index in [1.807, 2.05) is 61.5 Å². The molecule has 0 spiro atoms. The number of ether oxygens (including phenoxy) is 1. The molecule has 0 unspecified atom stereocenters. The van der Waals surface area contributed by atoms with Gasteiger partial charge in [0.15, 0.2) is 0 Å². The van der Waals surface area contributed by atoms with Gasteiger partial charge in [0.05, 0.1) is 10.5 Å². The third-order valence-corrected chi connectivity index (χ3v) is 7.83. The highest BCUT2D eigenvalue weighted by Gasteiger charge is 2.38. The van der Waals surface area contributed by atoms with Gasteiger partial charge in [-0.3, -0.25) is 4.90 Å². The summed E-state index contributed by atoms with van der Waals surface area (Å²) >= 11 is 0. The molecule has 4 rings (SSSR count). The van der Waals surface area contributed by atoms with Crippen LogP contribution in [-0.2, 0) is 22.2 Å². The highest BCUT2D eigenvalue weighted by atomic mass is 32.2. The highest BCUT2D eigenvalue weighted by molar-refractivity contribution is 7.89. The molecule has 0 bridgehead atoms. The first-order valence-corrected chi connectivity index (χ1v) is 13.1. The van der Waals surface area contributed by atoms with E-state index in [9.17, 15) is 13.5 Å². The van der Waals surface area contributed by atoms with Gasteiger partial charge in [-0.1, -0.05) is 55.0 Å². The lowest BCUT2D eigenvalue weighted by atomic mass is 9.83. The van der Waals surface area contributed by atoms with Crippen LogP contribution in [0.2, 0.25) is 0 Å². The van der Waals surface area contributed by atoms with Crippen molar-refractivity contribution in [3.63, 3.8) is 0 Å². The van der Waals surface area contributed by atoms with E-state index in [0.29, 0.717) is 38.0 Å². The van der Waals surface area contributed by atoms with Crippen molar-refractivity contribution in [2.24, 2.45) is 0 Å². The van der Waals surface area contributed by atoms with E-state index >= 15 is 0 Å². The molecule has 3 aromatic carbocycles. The van der Waals surface area contributed by atoms with Gasteiger partial charge in [-0.15, -0.1) is 0 Å². The smallest absolute Gasteiger partial charge is 0.240 e. The van der Waals surface area contributed by atoms with Crippen LogP contribution in [0.1, 0.15) is 36.5 Å². The van der Waals surface area contributed by atoms with Gasteiger partial charge in [0.2, 0.25) is 10.0 Å². The fourth-order valence-corrected chi connectivity index (χ4v) is 5.77. The third kappa shape index (κ3) is 5.67. The second-order valence-corrected chi connectivity index (χ2v) is 10.6. The zero-order chi connectivity index (χ0) is 24.2. The first-order valence-electron chi connectivity index (χ1n) is 11.7. The van der Waals surface area contributed by atoms with Crippen molar-refractivity contribution in [3.05, 3.63) is 89.5 Å². The third-order valence-electron chi connectivity index (χ3n) is 6.23. The quantitative estimate of drug-likeness (QED) is 0.494. The number of aliphatic hydroxyl groups is 1. The standard InChI is InChI=1S/C27H32N2O4S/c1-3-28-34(31,32)26-13-12-21(2)18-25(26)27(30)14-16-29(17-15-27)20-22-8-7-11-24(19-22)33-23-9-5-4-6-10-23/h4-13,18-19,28,30H,3,14-17,20H2,1-2H3. The van der Waals surface area contributed by atoms with Crippen LogP contribution in [0, 0.1) is 6.92 Å². The average molecular weight is 481 g/mol. The van der Waals surface area contributed by atoms with Gasteiger partial charge in [-0.05, 0) is 55.7 Å². The fraction of sp³-hybridized carbons (Fsp3) is 0.333. The molecule has 0 atom stereocenters. The van der Waals surface area contributed by atoms with Crippen LogP contribution in [0.15, 0.2) is 77.7 Å². The molecule has 0 aromatic heterocycles. The number of sulfonamides is 1. The largest absolute Gasteiger partial charge is 0.457 e. The number of aryl methyl sites for hydroxylation is 1. The number of likely N-dealkylation sites (tertiary alicyclic amines) is 1. The number of rotatable bonds is 8. The molecule has 0 saturated carbocycles. The van der Waals surface area contributed by atoms with E-state index in [0.717, 1.165) is 29.2 Å². The minimum Gasteiger partial charge on any atom is -0.457 e. The van der Waals surface area contributed by atoms with Crippen molar-refractivity contribution in [2.45, 2.75) is 43.7 Å². The van der Waals surface area contributed by atoms with Crippen LogP contribution in [-0.4, -0.2) is 38.1 Å². The van der Waals surface area contributed by atoms with E-state index in [1.54, 1.807) is 19.1 Å². The maximum absolute atomic E-state index is 12.8. The summed E-state index contributed by atoms with van der Waals surface area (Å²) in [6.07, 6.45) is 0.927. The van der Waals surface area contributed by atoms with Crippen LogP contribution < -0.4 is 9.46 Å². The molecule has 1 aliphatic heterocycles. The van der Waals surface area contributed by atoms with Gasteiger partial charge in [-0.2, -0.15) is 0 Å². The Morgan fingerprint density at radius 3 is 2.38 bits per heavy atom. The van der Waals surface area contributed by atoms with Crippen LogP contribution in [0.4, 0.5) is 0 Å². The Morgan fingerprint density at radius 1 is 0.971 bits per heavy atom. The average Bonchev–Trinajstić information content (AvgIpc) is 2.81. The van der Waals surface area contributed by atoms with Gasteiger partial charge >= 0.3 is 0 Å². The molecule has 2 N–H and O–H groups in total. The summed E-state index contributed by atoms with van der Waals surface area (Å²) in [6.45, 7) is 6.02. The van der Waals surface area contributed by atoms with E-state index in [1.165, 1.54) is 0 Å². The molecule has 34 heavy (non-hydrogen) atoms. The van der Waals surface area contributed by atoms with Crippen molar-refractivity contribution in [1.29, 1.82) is 0 Å². The molecule has 0 aliphatic carbocycles. The Hall–Kier alpha value is -2.71. The monoisotopic (exact) mass is 480 g/mol. The first kappa shape index (κ1) is 24.4. The minimum atomic E-state index is -3.68. The number of hydrogen-bond donors (Lipinski definition) is 2. The summed E-state index contributed by atoms with van der Waals surface area (Å²) in [4.78, 5) is 2.45. The lowest BCUT2D eigenvalue weighted by molar-refractivity contribution is -0.0299. The summed E-state index contributed by atoms with van der Waals surface area (Å²) in [5, 5.41) is 11.5. The van der Waals surface area contributed by atoms with Crippen LogP contribution >= 0.6 is 0 Å². The summed E-state index contributed by atoms with van der Waals surface area (Å²) in [7, 11) is -3.68. The second-order valence-electron chi connectivity index (χ2n) is 8.87.